The van der Waals surface area contributed by atoms with E-state index in [2.05, 4.69) is 10.6 Å². The minimum absolute atomic E-state index is 0.581. The number of benzene rings is 2. The number of nitrogens with zero attached hydrogens (tertiary/aromatic N) is 2. The summed E-state index contributed by atoms with van der Waals surface area (Å²) in [7, 11) is 0. The van der Waals surface area contributed by atoms with Gasteiger partial charge in [-0.05, 0) is 24.6 Å². The Balaban J connectivity index is 1.65. The Kier molecular flexibility index (Phi) is 4.32. The van der Waals surface area contributed by atoms with E-state index in [9.17, 15) is 5.26 Å². The maximum Gasteiger partial charge on any atom is 0.137 e. The standard InChI is InChI=1S/C18H15ClN2O/c19-16-7-2-4-9-18(16)22-11-5-10-21-13-14(12-20)15-6-1-3-8-17(15)21/h1-4,6-9,13H,5,10-11H2. The molecule has 3 rings (SSSR count). The molecule has 0 spiro atoms. The Morgan fingerprint density at radius 3 is 2.68 bits per heavy atom. The first-order chi connectivity index (χ1) is 10.8. The first-order valence-corrected chi connectivity index (χ1v) is 7.52. The quantitative estimate of drug-likeness (QED) is 0.644. The molecule has 0 bridgehead atoms. The largest absolute Gasteiger partial charge is 0.492 e. The molecule has 0 amide bonds. The maximum absolute atomic E-state index is 9.20. The summed E-state index contributed by atoms with van der Waals surface area (Å²) in [6.07, 6.45) is 2.74. The predicted octanol–water partition coefficient (Wildman–Crippen LogP) is 4.64. The zero-order valence-electron chi connectivity index (χ0n) is 12.0. The molecule has 0 N–H and O–H groups in total. The topological polar surface area (TPSA) is 38.0 Å². The lowest BCUT2D eigenvalue weighted by atomic mass is 10.2. The number of aryl methyl sites for hydroxylation is 1. The average molecular weight is 311 g/mol. The van der Waals surface area contributed by atoms with Crippen LogP contribution in [0, 0.1) is 11.3 Å². The molecule has 1 heterocycles. The lowest BCUT2D eigenvalue weighted by Crippen LogP contribution is -2.04. The highest BCUT2D eigenvalue weighted by Crippen LogP contribution is 2.24. The Labute approximate surface area is 134 Å². The van der Waals surface area contributed by atoms with Crippen molar-refractivity contribution in [1.82, 2.24) is 4.57 Å². The molecule has 0 saturated heterocycles. The summed E-state index contributed by atoms with van der Waals surface area (Å²) in [5.41, 5.74) is 1.79. The first kappa shape index (κ1) is 14.5. The zero-order chi connectivity index (χ0) is 15.4. The van der Waals surface area contributed by atoms with Gasteiger partial charge in [0.05, 0.1) is 17.2 Å². The molecule has 0 saturated carbocycles. The second-order valence-electron chi connectivity index (χ2n) is 5.00. The fourth-order valence-electron chi connectivity index (χ4n) is 2.50. The average Bonchev–Trinajstić information content (AvgIpc) is 2.91. The molecule has 22 heavy (non-hydrogen) atoms. The van der Waals surface area contributed by atoms with Gasteiger partial charge in [0.2, 0.25) is 0 Å². The van der Waals surface area contributed by atoms with Crippen molar-refractivity contribution in [3.05, 3.63) is 65.3 Å². The number of fused-ring (bicyclic) bond motifs is 1. The summed E-state index contributed by atoms with van der Waals surface area (Å²) < 4.78 is 7.79. The van der Waals surface area contributed by atoms with E-state index in [-0.39, 0.29) is 0 Å². The summed E-state index contributed by atoms with van der Waals surface area (Å²) in [6, 6.07) is 17.7. The normalized spacial score (nSPS) is 10.5. The maximum atomic E-state index is 9.20. The van der Waals surface area contributed by atoms with E-state index in [1.54, 1.807) is 0 Å². The molecule has 3 nitrogen and oxygen atoms in total. The molecular weight excluding hydrogens is 296 g/mol. The Morgan fingerprint density at radius 1 is 1.09 bits per heavy atom. The van der Waals surface area contributed by atoms with Crippen LogP contribution in [0.2, 0.25) is 5.02 Å². The fourth-order valence-corrected chi connectivity index (χ4v) is 2.69. The minimum Gasteiger partial charge on any atom is -0.492 e. The van der Waals surface area contributed by atoms with Crippen LogP contribution in [0.25, 0.3) is 10.9 Å². The van der Waals surface area contributed by atoms with Gasteiger partial charge in [0.25, 0.3) is 0 Å². The molecule has 1 aromatic heterocycles. The van der Waals surface area contributed by atoms with Crippen LogP contribution in [0.3, 0.4) is 0 Å². The van der Waals surface area contributed by atoms with Crippen molar-refractivity contribution >= 4 is 22.5 Å². The molecule has 3 aromatic rings. The van der Waals surface area contributed by atoms with Gasteiger partial charge in [-0.15, -0.1) is 0 Å². The second kappa shape index (κ2) is 6.55. The van der Waals surface area contributed by atoms with E-state index in [0.717, 1.165) is 23.9 Å². The number of halogens is 1. The van der Waals surface area contributed by atoms with E-state index in [1.807, 2.05) is 54.7 Å². The van der Waals surface area contributed by atoms with E-state index < -0.39 is 0 Å². The van der Waals surface area contributed by atoms with Gasteiger partial charge < -0.3 is 9.30 Å². The fraction of sp³-hybridized carbons (Fsp3) is 0.167. The zero-order valence-corrected chi connectivity index (χ0v) is 12.8. The van der Waals surface area contributed by atoms with Crippen molar-refractivity contribution in [2.24, 2.45) is 0 Å². The molecule has 0 aliphatic rings. The third-order valence-electron chi connectivity index (χ3n) is 3.55. The van der Waals surface area contributed by atoms with Crippen LogP contribution >= 0.6 is 11.6 Å². The van der Waals surface area contributed by atoms with E-state index in [4.69, 9.17) is 16.3 Å². The lowest BCUT2D eigenvalue weighted by molar-refractivity contribution is 0.303. The van der Waals surface area contributed by atoms with Gasteiger partial charge >= 0.3 is 0 Å². The number of rotatable bonds is 5. The number of para-hydroxylation sites is 2. The highest BCUT2D eigenvalue weighted by molar-refractivity contribution is 6.32. The number of hydrogen-bond acceptors (Lipinski definition) is 2. The Bertz CT molecular complexity index is 832. The van der Waals surface area contributed by atoms with Crippen LogP contribution in [0.5, 0.6) is 5.75 Å². The molecule has 0 atom stereocenters. The van der Waals surface area contributed by atoms with Crippen molar-refractivity contribution in [3.63, 3.8) is 0 Å². The number of aromatic nitrogens is 1. The van der Waals surface area contributed by atoms with Crippen molar-refractivity contribution in [2.45, 2.75) is 13.0 Å². The van der Waals surface area contributed by atoms with Crippen molar-refractivity contribution in [3.8, 4) is 11.8 Å². The van der Waals surface area contributed by atoms with Gasteiger partial charge in [-0.1, -0.05) is 41.9 Å². The highest BCUT2D eigenvalue weighted by Gasteiger charge is 2.07. The van der Waals surface area contributed by atoms with Crippen LogP contribution in [-0.2, 0) is 6.54 Å². The van der Waals surface area contributed by atoms with Gasteiger partial charge in [-0.25, -0.2) is 0 Å². The molecule has 0 unspecified atom stereocenters. The van der Waals surface area contributed by atoms with Crippen molar-refractivity contribution in [1.29, 1.82) is 5.26 Å². The SMILES string of the molecule is N#Cc1cn(CCCOc2ccccc2Cl)c2ccccc12. The van der Waals surface area contributed by atoms with Gasteiger partial charge in [0.15, 0.2) is 0 Å². The number of nitriles is 1. The van der Waals surface area contributed by atoms with Crippen LogP contribution in [-0.4, -0.2) is 11.2 Å². The third-order valence-corrected chi connectivity index (χ3v) is 3.86. The summed E-state index contributed by atoms with van der Waals surface area (Å²) in [5, 5.41) is 10.8. The van der Waals surface area contributed by atoms with Gasteiger partial charge in [0.1, 0.15) is 11.8 Å². The van der Waals surface area contributed by atoms with E-state index in [1.165, 1.54) is 0 Å². The van der Waals surface area contributed by atoms with Crippen molar-refractivity contribution in [2.75, 3.05) is 6.61 Å². The van der Waals surface area contributed by atoms with Crippen LogP contribution in [0.15, 0.2) is 54.7 Å². The second-order valence-corrected chi connectivity index (χ2v) is 5.40. The number of hydrogen-bond donors (Lipinski definition) is 0. The highest BCUT2D eigenvalue weighted by atomic mass is 35.5. The molecule has 0 aliphatic carbocycles. The summed E-state index contributed by atoms with van der Waals surface area (Å²) >= 11 is 6.05. The first-order valence-electron chi connectivity index (χ1n) is 7.15. The summed E-state index contributed by atoms with van der Waals surface area (Å²) in [4.78, 5) is 0. The predicted molar refractivity (Wildman–Crippen MR) is 88.2 cm³/mol. The van der Waals surface area contributed by atoms with Gasteiger partial charge in [-0.2, -0.15) is 5.26 Å². The van der Waals surface area contributed by atoms with Crippen molar-refractivity contribution < 1.29 is 4.74 Å². The Hall–Kier alpha value is -2.44. The minimum atomic E-state index is 0.581. The Morgan fingerprint density at radius 2 is 1.86 bits per heavy atom. The molecule has 0 radical (unpaired) electrons. The number of ether oxygens (including phenoxy) is 1. The summed E-state index contributed by atoms with van der Waals surface area (Å²) in [5.74, 6) is 0.708. The van der Waals surface area contributed by atoms with E-state index >= 15 is 0 Å². The van der Waals surface area contributed by atoms with Gasteiger partial charge in [0, 0.05) is 23.6 Å². The molecule has 0 fully saturated rings. The molecule has 4 heteroatoms. The van der Waals surface area contributed by atoms with E-state index in [0.29, 0.717) is 22.9 Å². The third kappa shape index (κ3) is 2.93. The molecule has 2 aromatic carbocycles. The molecular formula is C18H15ClN2O. The lowest BCUT2D eigenvalue weighted by Gasteiger charge is -2.09. The van der Waals surface area contributed by atoms with Crippen LogP contribution in [0.1, 0.15) is 12.0 Å². The van der Waals surface area contributed by atoms with Gasteiger partial charge in [-0.3, -0.25) is 0 Å². The monoisotopic (exact) mass is 310 g/mol. The summed E-state index contributed by atoms with van der Waals surface area (Å²) in [6.45, 7) is 1.38. The van der Waals surface area contributed by atoms with Crippen LogP contribution in [0.4, 0.5) is 0 Å². The molecule has 0 aliphatic heterocycles. The smallest absolute Gasteiger partial charge is 0.137 e. The van der Waals surface area contributed by atoms with Crippen LogP contribution < -0.4 is 4.74 Å². The molecule has 110 valence electrons.